The lowest BCUT2D eigenvalue weighted by molar-refractivity contribution is 0.403. The molecule has 1 aromatic heterocycles. The first-order valence-electron chi connectivity index (χ1n) is 7.04. The maximum atomic E-state index is 4.23. The molecule has 2 nitrogen and oxygen atoms in total. The Hall–Kier alpha value is -1.06. The van der Waals surface area contributed by atoms with Crippen molar-refractivity contribution >= 4 is 22.5 Å². The van der Waals surface area contributed by atoms with Gasteiger partial charge in [-0.15, -0.1) is 0 Å². The first-order valence-corrected chi connectivity index (χ1v) is 8.19. The Morgan fingerprint density at radius 1 is 1.42 bits per heavy atom. The minimum atomic E-state index is 0.478. The van der Waals surface area contributed by atoms with Crippen LogP contribution in [0.4, 0.5) is 0 Å². The van der Waals surface area contributed by atoms with Crippen LogP contribution >= 0.6 is 11.8 Å². The number of fused-ring (bicyclic) bond motifs is 1. The number of thioether (sulfide) groups is 1. The monoisotopic (exact) mass is 272 g/mol. The second-order valence-electron chi connectivity index (χ2n) is 5.10. The van der Waals surface area contributed by atoms with E-state index in [0.29, 0.717) is 6.04 Å². The molecule has 1 N–H and O–H groups in total. The molecule has 19 heavy (non-hydrogen) atoms. The van der Waals surface area contributed by atoms with Gasteiger partial charge in [-0.2, -0.15) is 11.8 Å². The fraction of sp³-hybridized carbons (Fsp3) is 0.438. The molecule has 2 aromatic rings. The van der Waals surface area contributed by atoms with Crippen molar-refractivity contribution in [1.82, 2.24) is 10.3 Å². The van der Waals surface area contributed by atoms with Gasteiger partial charge in [-0.1, -0.05) is 25.1 Å². The van der Waals surface area contributed by atoms with E-state index in [1.54, 1.807) is 0 Å². The Morgan fingerprint density at radius 2 is 2.37 bits per heavy atom. The average Bonchev–Trinajstić information content (AvgIpc) is 2.98. The lowest BCUT2D eigenvalue weighted by Crippen LogP contribution is -2.28. The summed E-state index contributed by atoms with van der Waals surface area (Å²) < 4.78 is 0. The Balaban J connectivity index is 2.03. The molecule has 2 heterocycles. The lowest BCUT2D eigenvalue weighted by atomic mass is 9.89. The molecule has 0 spiro atoms. The summed E-state index contributed by atoms with van der Waals surface area (Å²) in [6, 6.07) is 9.21. The van der Waals surface area contributed by atoms with Crippen LogP contribution in [-0.2, 0) is 0 Å². The topological polar surface area (TPSA) is 24.9 Å². The number of benzene rings is 1. The molecule has 1 aliphatic rings. The van der Waals surface area contributed by atoms with E-state index in [0.717, 1.165) is 12.5 Å². The van der Waals surface area contributed by atoms with Crippen LogP contribution in [0.25, 0.3) is 10.8 Å². The van der Waals surface area contributed by atoms with Crippen molar-refractivity contribution in [2.24, 2.45) is 5.92 Å². The molecule has 0 radical (unpaired) electrons. The van der Waals surface area contributed by atoms with E-state index >= 15 is 0 Å². The van der Waals surface area contributed by atoms with Gasteiger partial charge in [0.1, 0.15) is 0 Å². The summed E-state index contributed by atoms with van der Waals surface area (Å²) in [6.07, 6.45) is 5.19. The maximum absolute atomic E-state index is 4.23. The van der Waals surface area contributed by atoms with Gasteiger partial charge in [-0.25, -0.2) is 0 Å². The van der Waals surface area contributed by atoms with Crippen LogP contribution in [0.1, 0.15) is 24.9 Å². The van der Waals surface area contributed by atoms with Crippen LogP contribution in [0.3, 0.4) is 0 Å². The minimum absolute atomic E-state index is 0.478. The molecule has 1 saturated heterocycles. The van der Waals surface area contributed by atoms with Crippen LogP contribution in [0.15, 0.2) is 36.7 Å². The minimum Gasteiger partial charge on any atom is -0.310 e. The van der Waals surface area contributed by atoms with Gasteiger partial charge >= 0.3 is 0 Å². The third-order valence-electron chi connectivity index (χ3n) is 3.91. The zero-order valence-electron chi connectivity index (χ0n) is 11.3. The summed E-state index contributed by atoms with van der Waals surface area (Å²) >= 11 is 2.08. The molecule has 0 bridgehead atoms. The molecule has 0 saturated carbocycles. The zero-order chi connectivity index (χ0) is 13.1. The van der Waals surface area contributed by atoms with E-state index < -0.39 is 0 Å². The largest absolute Gasteiger partial charge is 0.310 e. The number of pyridine rings is 1. The van der Waals surface area contributed by atoms with E-state index in [-0.39, 0.29) is 0 Å². The Labute approximate surface area is 119 Å². The van der Waals surface area contributed by atoms with Gasteiger partial charge in [0.2, 0.25) is 0 Å². The SMILES string of the molecule is CCNC(c1cccc2cnccc12)C1CCSC1. The highest BCUT2D eigenvalue weighted by Crippen LogP contribution is 2.36. The van der Waals surface area contributed by atoms with Crippen molar-refractivity contribution in [3.05, 3.63) is 42.2 Å². The van der Waals surface area contributed by atoms with Gasteiger partial charge in [0.15, 0.2) is 0 Å². The van der Waals surface area contributed by atoms with Crippen molar-refractivity contribution in [2.75, 3.05) is 18.1 Å². The van der Waals surface area contributed by atoms with Crippen LogP contribution in [0.5, 0.6) is 0 Å². The van der Waals surface area contributed by atoms with E-state index in [2.05, 4.69) is 53.3 Å². The van der Waals surface area contributed by atoms with Crippen molar-refractivity contribution in [3.8, 4) is 0 Å². The second-order valence-corrected chi connectivity index (χ2v) is 6.25. The van der Waals surface area contributed by atoms with Crippen LogP contribution in [0.2, 0.25) is 0 Å². The fourth-order valence-corrected chi connectivity index (χ4v) is 4.28. The van der Waals surface area contributed by atoms with E-state index in [4.69, 9.17) is 0 Å². The normalized spacial score (nSPS) is 20.8. The molecule has 100 valence electrons. The van der Waals surface area contributed by atoms with Gasteiger partial charge in [0.25, 0.3) is 0 Å². The molecule has 0 aliphatic carbocycles. The Bertz CT molecular complexity index is 544. The lowest BCUT2D eigenvalue weighted by Gasteiger charge is -2.25. The Kier molecular flexibility index (Phi) is 4.04. The quantitative estimate of drug-likeness (QED) is 0.920. The second kappa shape index (κ2) is 5.93. The molecule has 2 atom stereocenters. The molecular weight excluding hydrogens is 252 g/mol. The predicted octanol–water partition coefficient (Wildman–Crippen LogP) is 3.64. The van der Waals surface area contributed by atoms with Crippen molar-refractivity contribution in [2.45, 2.75) is 19.4 Å². The summed E-state index contributed by atoms with van der Waals surface area (Å²) in [5.41, 5.74) is 1.44. The molecule has 1 fully saturated rings. The van der Waals surface area contributed by atoms with Crippen LogP contribution in [-0.4, -0.2) is 23.0 Å². The summed E-state index contributed by atoms with van der Waals surface area (Å²) in [4.78, 5) is 4.23. The highest BCUT2D eigenvalue weighted by molar-refractivity contribution is 7.99. The molecular formula is C16H20N2S. The van der Waals surface area contributed by atoms with Gasteiger partial charge in [0, 0.05) is 23.8 Å². The smallest absolute Gasteiger partial charge is 0.0362 e. The van der Waals surface area contributed by atoms with Crippen molar-refractivity contribution in [1.29, 1.82) is 0 Å². The zero-order valence-corrected chi connectivity index (χ0v) is 12.1. The third kappa shape index (κ3) is 2.63. The summed E-state index contributed by atoms with van der Waals surface area (Å²) in [5, 5.41) is 6.29. The molecule has 0 amide bonds. The number of hydrogen-bond acceptors (Lipinski definition) is 3. The first-order chi connectivity index (χ1) is 9.40. The molecule has 3 heteroatoms. The van der Waals surface area contributed by atoms with E-state index in [1.165, 1.54) is 34.3 Å². The van der Waals surface area contributed by atoms with E-state index in [1.807, 2.05) is 12.4 Å². The molecule has 1 aromatic carbocycles. The molecule has 3 rings (SSSR count). The Morgan fingerprint density at radius 3 is 3.16 bits per heavy atom. The number of nitrogens with one attached hydrogen (secondary N) is 1. The van der Waals surface area contributed by atoms with Crippen molar-refractivity contribution < 1.29 is 0 Å². The number of rotatable bonds is 4. The van der Waals surface area contributed by atoms with Crippen molar-refractivity contribution in [3.63, 3.8) is 0 Å². The van der Waals surface area contributed by atoms with Crippen LogP contribution in [0, 0.1) is 5.92 Å². The maximum Gasteiger partial charge on any atom is 0.0362 e. The number of hydrogen-bond donors (Lipinski definition) is 1. The predicted molar refractivity (Wildman–Crippen MR) is 83.6 cm³/mol. The highest BCUT2D eigenvalue weighted by Gasteiger charge is 2.27. The summed E-state index contributed by atoms with van der Waals surface area (Å²) in [5.74, 6) is 3.33. The van der Waals surface area contributed by atoms with Crippen LogP contribution < -0.4 is 5.32 Å². The first kappa shape index (κ1) is 12.9. The molecule has 2 unspecified atom stereocenters. The van der Waals surface area contributed by atoms with Gasteiger partial charge < -0.3 is 5.32 Å². The number of nitrogens with zero attached hydrogens (tertiary/aromatic N) is 1. The van der Waals surface area contributed by atoms with Gasteiger partial charge in [-0.3, -0.25) is 4.98 Å². The van der Waals surface area contributed by atoms with E-state index in [9.17, 15) is 0 Å². The summed E-state index contributed by atoms with van der Waals surface area (Å²) in [7, 11) is 0. The van der Waals surface area contributed by atoms with Gasteiger partial charge in [-0.05, 0) is 47.4 Å². The highest BCUT2D eigenvalue weighted by atomic mass is 32.2. The van der Waals surface area contributed by atoms with Gasteiger partial charge in [0.05, 0.1) is 0 Å². The number of aromatic nitrogens is 1. The fourth-order valence-electron chi connectivity index (χ4n) is 2.98. The molecule has 1 aliphatic heterocycles. The summed E-state index contributed by atoms with van der Waals surface area (Å²) in [6.45, 7) is 3.22. The average molecular weight is 272 g/mol. The standard InChI is InChI=1S/C16H20N2S/c1-2-18-16(13-7-9-19-11-13)15-5-3-4-12-10-17-8-6-14(12)15/h3-6,8,10,13,16,18H,2,7,9,11H2,1H3. The third-order valence-corrected chi connectivity index (χ3v) is 5.10.